The molecule has 3 N–H and O–H groups in total. The Hall–Kier alpha value is -4.65. The molecule has 0 aliphatic carbocycles. The van der Waals surface area contributed by atoms with Crippen LogP contribution in [0.1, 0.15) is 32.6 Å². The van der Waals surface area contributed by atoms with E-state index in [1.807, 2.05) is 0 Å². The summed E-state index contributed by atoms with van der Waals surface area (Å²) in [5.74, 6) is 4.06. The average molecular weight is 479 g/mol. The van der Waals surface area contributed by atoms with Gasteiger partial charge in [-0.1, -0.05) is 17.9 Å². The molecule has 6 nitrogen and oxygen atoms in total. The highest BCUT2D eigenvalue weighted by atomic mass is 19.4. The van der Waals surface area contributed by atoms with Crippen molar-refractivity contribution in [3.8, 4) is 17.5 Å². The van der Waals surface area contributed by atoms with E-state index in [1.165, 1.54) is 47.7 Å². The molecule has 0 radical (unpaired) electrons. The van der Waals surface area contributed by atoms with Gasteiger partial charge >= 0.3 is 6.18 Å². The van der Waals surface area contributed by atoms with Crippen molar-refractivity contribution in [3.63, 3.8) is 0 Å². The van der Waals surface area contributed by atoms with E-state index in [0.717, 1.165) is 23.8 Å². The summed E-state index contributed by atoms with van der Waals surface area (Å²) >= 11 is 0. The van der Waals surface area contributed by atoms with Gasteiger partial charge in [-0.15, -0.1) is 0 Å². The first-order valence-corrected chi connectivity index (χ1v) is 10.2. The summed E-state index contributed by atoms with van der Waals surface area (Å²) in [6, 6.07) is 9.07. The number of hydrogen-bond donors (Lipinski definition) is 2. The molecule has 0 atom stereocenters. The number of aromatic nitrogens is 3. The van der Waals surface area contributed by atoms with Crippen LogP contribution in [0.5, 0.6) is 0 Å². The summed E-state index contributed by atoms with van der Waals surface area (Å²) in [5.41, 5.74) is 6.30. The number of benzene rings is 2. The molecule has 0 fully saturated rings. The fourth-order valence-electron chi connectivity index (χ4n) is 3.17. The Morgan fingerprint density at radius 1 is 1.11 bits per heavy atom. The topological polar surface area (TPSA) is 85.8 Å². The molecular formula is C25H17F4N5O. The standard InChI is InChI=1S/C25H17F4N5O/c1-15-2-4-18(9-17(15)5-3-16-8-22(26)23(30)32-13-16)24(35)33-20-10-19(25(27,28)29)11-21(12-20)34-7-6-31-14-34/h2,4,6-14H,1H3,(H2,30,32)(H,33,35). The highest BCUT2D eigenvalue weighted by Gasteiger charge is 2.31. The lowest BCUT2D eigenvalue weighted by atomic mass is 10.0. The van der Waals surface area contributed by atoms with Crippen LogP contribution in [0.4, 0.5) is 29.1 Å². The summed E-state index contributed by atoms with van der Waals surface area (Å²) in [6.45, 7) is 1.78. The molecule has 0 aliphatic rings. The number of nitrogens with zero attached hydrogens (tertiary/aromatic N) is 3. The second-order valence-corrected chi connectivity index (χ2v) is 7.56. The molecule has 1 amide bonds. The number of amides is 1. The molecule has 176 valence electrons. The van der Waals surface area contributed by atoms with Crippen molar-refractivity contribution in [2.45, 2.75) is 13.1 Å². The largest absolute Gasteiger partial charge is 0.416 e. The summed E-state index contributed by atoms with van der Waals surface area (Å²) in [5, 5.41) is 2.51. The number of pyridine rings is 1. The maximum absolute atomic E-state index is 13.6. The van der Waals surface area contributed by atoms with E-state index >= 15 is 0 Å². The van der Waals surface area contributed by atoms with Gasteiger partial charge < -0.3 is 15.6 Å². The van der Waals surface area contributed by atoms with Crippen molar-refractivity contribution in [2.75, 3.05) is 11.1 Å². The van der Waals surface area contributed by atoms with E-state index in [-0.39, 0.29) is 22.8 Å². The number of aryl methyl sites for hydroxylation is 1. The lowest BCUT2D eigenvalue weighted by Crippen LogP contribution is -2.14. The van der Waals surface area contributed by atoms with Crippen LogP contribution in [0.25, 0.3) is 5.69 Å². The molecular weight excluding hydrogens is 462 g/mol. The molecule has 4 rings (SSSR count). The van der Waals surface area contributed by atoms with Crippen LogP contribution in [0.15, 0.2) is 67.4 Å². The fourth-order valence-corrected chi connectivity index (χ4v) is 3.17. The van der Waals surface area contributed by atoms with Gasteiger partial charge in [0.15, 0.2) is 11.6 Å². The van der Waals surface area contributed by atoms with Gasteiger partial charge in [0.1, 0.15) is 0 Å². The molecule has 0 saturated carbocycles. The maximum atomic E-state index is 13.6. The van der Waals surface area contributed by atoms with Crippen molar-refractivity contribution in [3.05, 3.63) is 101 Å². The summed E-state index contributed by atoms with van der Waals surface area (Å²) in [4.78, 5) is 20.4. The number of halogens is 4. The monoisotopic (exact) mass is 479 g/mol. The minimum absolute atomic E-state index is 0.0369. The highest BCUT2D eigenvalue weighted by molar-refractivity contribution is 6.04. The van der Waals surface area contributed by atoms with Gasteiger partial charge in [0.25, 0.3) is 5.91 Å². The van der Waals surface area contributed by atoms with Crippen molar-refractivity contribution in [1.82, 2.24) is 14.5 Å². The zero-order valence-electron chi connectivity index (χ0n) is 18.2. The summed E-state index contributed by atoms with van der Waals surface area (Å²) < 4.78 is 55.3. The minimum atomic E-state index is -4.61. The molecule has 4 aromatic rings. The Morgan fingerprint density at radius 2 is 1.91 bits per heavy atom. The number of nitrogen functional groups attached to an aromatic ring is 1. The van der Waals surface area contributed by atoms with E-state index < -0.39 is 23.5 Å². The normalized spacial score (nSPS) is 11.0. The molecule has 0 spiro atoms. The number of hydrogen-bond acceptors (Lipinski definition) is 4. The van der Waals surface area contributed by atoms with Crippen LogP contribution >= 0.6 is 0 Å². The van der Waals surface area contributed by atoms with Gasteiger partial charge in [-0.2, -0.15) is 13.2 Å². The predicted molar refractivity (Wildman–Crippen MR) is 122 cm³/mol. The van der Waals surface area contributed by atoms with Crippen LogP contribution in [0, 0.1) is 24.6 Å². The van der Waals surface area contributed by atoms with Crippen LogP contribution < -0.4 is 11.1 Å². The number of alkyl halides is 3. The van der Waals surface area contributed by atoms with E-state index in [0.29, 0.717) is 11.1 Å². The van der Waals surface area contributed by atoms with Gasteiger partial charge in [-0.05, 0) is 48.9 Å². The summed E-state index contributed by atoms with van der Waals surface area (Å²) in [6.07, 6.45) is 0.993. The van der Waals surface area contributed by atoms with Crippen molar-refractivity contribution in [1.29, 1.82) is 0 Å². The smallest absolute Gasteiger partial charge is 0.381 e. The van der Waals surface area contributed by atoms with Crippen LogP contribution in [0.2, 0.25) is 0 Å². The van der Waals surface area contributed by atoms with Crippen LogP contribution in [-0.2, 0) is 6.18 Å². The number of nitrogens with one attached hydrogen (secondary N) is 1. The zero-order valence-corrected chi connectivity index (χ0v) is 18.2. The Kier molecular flexibility index (Phi) is 6.25. The van der Waals surface area contributed by atoms with Gasteiger partial charge in [0, 0.05) is 46.7 Å². The lowest BCUT2D eigenvalue weighted by Gasteiger charge is -2.14. The number of nitrogens with two attached hydrogens (primary N) is 1. The molecule has 2 heterocycles. The molecule has 10 heteroatoms. The fraction of sp³-hybridized carbons (Fsp3) is 0.0800. The van der Waals surface area contributed by atoms with Crippen molar-refractivity contribution < 1.29 is 22.4 Å². The molecule has 0 bridgehead atoms. The van der Waals surface area contributed by atoms with Crippen LogP contribution in [0.3, 0.4) is 0 Å². The number of carbonyl (C=O) groups is 1. The average Bonchev–Trinajstić information content (AvgIpc) is 3.35. The van der Waals surface area contributed by atoms with Gasteiger partial charge in [0.05, 0.1) is 11.9 Å². The Balaban J connectivity index is 1.63. The van der Waals surface area contributed by atoms with Gasteiger partial charge in [-0.3, -0.25) is 4.79 Å². The Bertz CT molecular complexity index is 1470. The van der Waals surface area contributed by atoms with E-state index in [9.17, 15) is 22.4 Å². The molecule has 0 aliphatic heterocycles. The molecule has 35 heavy (non-hydrogen) atoms. The first-order valence-electron chi connectivity index (χ1n) is 10.2. The second kappa shape index (κ2) is 9.30. The number of anilines is 2. The highest BCUT2D eigenvalue weighted by Crippen LogP contribution is 2.33. The van der Waals surface area contributed by atoms with Gasteiger partial charge in [0.2, 0.25) is 0 Å². The third-order valence-corrected chi connectivity index (χ3v) is 5.02. The molecule has 2 aromatic carbocycles. The molecule has 0 saturated heterocycles. The Labute approximate surface area is 197 Å². The minimum Gasteiger partial charge on any atom is -0.381 e. The second-order valence-electron chi connectivity index (χ2n) is 7.56. The first kappa shape index (κ1) is 23.5. The number of carbonyl (C=O) groups excluding carboxylic acids is 1. The van der Waals surface area contributed by atoms with E-state index in [1.54, 1.807) is 13.0 Å². The molecule has 0 unspecified atom stereocenters. The van der Waals surface area contributed by atoms with Crippen molar-refractivity contribution in [2.24, 2.45) is 0 Å². The SMILES string of the molecule is Cc1ccc(C(=O)Nc2cc(-n3ccnc3)cc(C(F)(F)F)c2)cc1C#Cc1cnc(N)c(F)c1. The lowest BCUT2D eigenvalue weighted by molar-refractivity contribution is -0.137. The third kappa shape index (κ3) is 5.47. The van der Waals surface area contributed by atoms with Crippen LogP contribution in [-0.4, -0.2) is 20.4 Å². The zero-order chi connectivity index (χ0) is 25.2. The quantitative estimate of drug-likeness (QED) is 0.321. The van der Waals surface area contributed by atoms with E-state index in [4.69, 9.17) is 5.73 Å². The number of imidazole rings is 1. The first-order chi connectivity index (χ1) is 16.6. The van der Waals surface area contributed by atoms with Crippen molar-refractivity contribution >= 4 is 17.4 Å². The van der Waals surface area contributed by atoms with E-state index in [2.05, 4.69) is 27.1 Å². The Morgan fingerprint density at radius 3 is 2.60 bits per heavy atom. The van der Waals surface area contributed by atoms with Gasteiger partial charge in [-0.25, -0.2) is 14.4 Å². The third-order valence-electron chi connectivity index (χ3n) is 5.02. The number of rotatable bonds is 3. The molecule has 2 aromatic heterocycles. The summed E-state index contributed by atoms with van der Waals surface area (Å²) in [7, 11) is 0. The predicted octanol–water partition coefficient (Wildman–Crippen LogP) is 4.97. The maximum Gasteiger partial charge on any atom is 0.416 e.